The molecule has 0 aliphatic heterocycles. The van der Waals surface area contributed by atoms with Crippen LogP contribution in [0.4, 0.5) is 0 Å². The van der Waals surface area contributed by atoms with Crippen LogP contribution in [-0.2, 0) is 11.2 Å². The highest BCUT2D eigenvalue weighted by molar-refractivity contribution is 7.80. The minimum Gasteiger partial charge on any atom is -0.393 e. The summed E-state index contributed by atoms with van der Waals surface area (Å²) >= 11 is 5.10. The second kappa shape index (κ2) is 6.56. The van der Waals surface area contributed by atoms with Crippen LogP contribution < -0.4 is 11.1 Å². The third kappa shape index (κ3) is 4.53. The number of thiocarbonyl (C=S) groups is 1. The Hall–Kier alpha value is -1.42. The molecular weight excluding hydrogens is 280 g/mol. The molecule has 21 heavy (non-hydrogen) atoms. The zero-order valence-corrected chi connectivity index (χ0v) is 13.6. The Morgan fingerprint density at radius 2 is 2.10 bits per heavy atom. The summed E-state index contributed by atoms with van der Waals surface area (Å²) in [5.41, 5.74) is 7.18. The number of carbonyl (C=O) groups excluding carboxylic acids is 1. The molecule has 1 amide bonds. The number of nitrogens with two attached hydrogens (primary N) is 1. The van der Waals surface area contributed by atoms with Gasteiger partial charge in [0.1, 0.15) is 0 Å². The molecule has 0 saturated heterocycles. The van der Waals surface area contributed by atoms with E-state index in [1.54, 1.807) is 0 Å². The molecule has 2 rings (SSSR count). The fourth-order valence-electron chi connectivity index (χ4n) is 3.03. The van der Waals surface area contributed by atoms with Crippen molar-refractivity contribution in [1.82, 2.24) is 5.32 Å². The van der Waals surface area contributed by atoms with E-state index in [-0.39, 0.29) is 16.9 Å². The van der Waals surface area contributed by atoms with E-state index in [4.69, 9.17) is 18.0 Å². The minimum absolute atomic E-state index is 0.0333. The molecule has 1 aliphatic rings. The second-order valence-corrected chi connectivity index (χ2v) is 7.23. The zero-order chi connectivity index (χ0) is 15.5. The lowest BCUT2D eigenvalue weighted by atomic mass is 9.91. The van der Waals surface area contributed by atoms with E-state index in [9.17, 15) is 4.79 Å². The van der Waals surface area contributed by atoms with Crippen molar-refractivity contribution < 1.29 is 4.79 Å². The SMILES string of the molecule is CC1(C)CCC(NC(=O)C(Cc2ccccc2)C(N)=S)C1. The molecule has 3 nitrogen and oxygen atoms in total. The Balaban J connectivity index is 1.98. The molecule has 4 heteroatoms. The molecule has 0 radical (unpaired) electrons. The predicted molar refractivity (Wildman–Crippen MR) is 90.0 cm³/mol. The van der Waals surface area contributed by atoms with Crippen molar-refractivity contribution in [3.8, 4) is 0 Å². The zero-order valence-electron chi connectivity index (χ0n) is 12.8. The maximum absolute atomic E-state index is 12.5. The Labute approximate surface area is 132 Å². The lowest BCUT2D eigenvalue weighted by Gasteiger charge is -2.21. The highest BCUT2D eigenvalue weighted by Crippen LogP contribution is 2.37. The summed E-state index contributed by atoms with van der Waals surface area (Å²) in [7, 11) is 0. The van der Waals surface area contributed by atoms with Crippen molar-refractivity contribution in [3.05, 3.63) is 35.9 Å². The lowest BCUT2D eigenvalue weighted by Crippen LogP contribution is -2.43. The second-order valence-electron chi connectivity index (χ2n) is 6.76. The van der Waals surface area contributed by atoms with Gasteiger partial charge in [0.05, 0.1) is 10.9 Å². The number of hydrogen-bond donors (Lipinski definition) is 2. The van der Waals surface area contributed by atoms with Crippen LogP contribution in [0.3, 0.4) is 0 Å². The molecule has 2 unspecified atom stereocenters. The molecule has 1 aliphatic carbocycles. The standard InChI is InChI=1S/C17H24N2OS/c1-17(2)9-8-13(11-17)19-16(20)14(15(18)21)10-12-6-4-3-5-7-12/h3-7,13-14H,8-11H2,1-2H3,(H2,18,21)(H,19,20). The van der Waals surface area contributed by atoms with Crippen LogP contribution in [0.2, 0.25) is 0 Å². The highest BCUT2D eigenvalue weighted by atomic mass is 32.1. The van der Waals surface area contributed by atoms with E-state index in [1.165, 1.54) is 0 Å². The van der Waals surface area contributed by atoms with Crippen LogP contribution >= 0.6 is 12.2 Å². The Bertz CT molecular complexity index is 513. The van der Waals surface area contributed by atoms with Gasteiger partial charge in [0.15, 0.2) is 0 Å². The third-order valence-corrected chi connectivity index (χ3v) is 4.54. The van der Waals surface area contributed by atoms with Crippen molar-refractivity contribution >= 4 is 23.1 Å². The molecule has 0 aromatic heterocycles. The van der Waals surface area contributed by atoms with E-state index in [0.29, 0.717) is 11.8 Å². The van der Waals surface area contributed by atoms with Gasteiger partial charge in [-0.25, -0.2) is 0 Å². The maximum Gasteiger partial charge on any atom is 0.230 e. The van der Waals surface area contributed by atoms with Gasteiger partial charge in [-0.2, -0.15) is 0 Å². The highest BCUT2D eigenvalue weighted by Gasteiger charge is 2.33. The molecule has 0 heterocycles. The molecule has 1 aromatic rings. The van der Waals surface area contributed by atoms with Crippen molar-refractivity contribution in [2.45, 2.75) is 45.6 Å². The molecule has 1 fully saturated rings. The maximum atomic E-state index is 12.5. The number of rotatable bonds is 5. The number of hydrogen-bond acceptors (Lipinski definition) is 2. The van der Waals surface area contributed by atoms with Gasteiger partial charge in [-0.3, -0.25) is 4.79 Å². The quantitative estimate of drug-likeness (QED) is 0.823. The molecule has 0 bridgehead atoms. The summed E-state index contributed by atoms with van der Waals surface area (Å²) in [6.07, 6.45) is 3.77. The van der Waals surface area contributed by atoms with Gasteiger partial charge in [-0.1, -0.05) is 56.4 Å². The van der Waals surface area contributed by atoms with Gasteiger partial charge in [-0.05, 0) is 36.7 Å². The van der Waals surface area contributed by atoms with E-state index in [2.05, 4.69) is 19.2 Å². The molecule has 2 atom stereocenters. The summed E-state index contributed by atoms with van der Waals surface area (Å²) in [6.45, 7) is 4.49. The van der Waals surface area contributed by atoms with Crippen molar-refractivity contribution in [3.63, 3.8) is 0 Å². The largest absolute Gasteiger partial charge is 0.393 e. The normalized spacial score (nSPS) is 21.7. The van der Waals surface area contributed by atoms with Crippen LogP contribution in [0.1, 0.15) is 38.7 Å². The first-order valence-corrected chi connectivity index (χ1v) is 7.92. The first-order chi connectivity index (χ1) is 9.87. The monoisotopic (exact) mass is 304 g/mol. The van der Waals surface area contributed by atoms with Gasteiger partial charge in [0.2, 0.25) is 5.91 Å². The van der Waals surface area contributed by atoms with Crippen molar-refractivity contribution in [1.29, 1.82) is 0 Å². The average molecular weight is 304 g/mol. The van der Waals surface area contributed by atoms with Gasteiger partial charge in [-0.15, -0.1) is 0 Å². The summed E-state index contributed by atoms with van der Waals surface area (Å²) in [4.78, 5) is 12.7. The molecular formula is C17H24N2OS. The van der Waals surface area contributed by atoms with Crippen LogP contribution in [-0.4, -0.2) is 16.9 Å². The number of benzene rings is 1. The van der Waals surface area contributed by atoms with E-state index in [1.807, 2.05) is 30.3 Å². The third-order valence-electron chi connectivity index (χ3n) is 4.26. The summed E-state index contributed by atoms with van der Waals surface area (Å²) < 4.78 is 0. The van der Waals surface area contributed by atoms with Gasteiger partial charge >= 0.3 is 0 Å². The number of nitrogens with one attached hydrogen (secondary N) is 1. The average Bonchev–Trinajstić information content (AvgIpc) is 2.76. The molecule has 1 aromatic carbocycles. The fourth-order valence-corrected chi connectivity index (χ4v) is 3.22. The Morgan fingerprint density at radius 3 is 2.62 bits per heavy atom. The summed E-state index contributed by atoms with van der Waals surface area (Å²) in [6, 6.07) is 10.1. The van der Waals surface area contributed by atoms with E-state index >= 15 is 0 Å². The van der Waals surface area contributed by atoms with Crippen molar-refractivity contribution in [2.75, 3.05) is 0 Å². The predicted octanol–water partition coefficient (Wildman–Crippen LogP) is 2.83. The van der Waals surface area contributed by atoms with Crippen LogP contribution in [0.5, 0.6) is 0 Å². The van der Waals surface area contributed by atoms with Crippen LogP contribution in [0.15, 0.2) is 30.3 Å². The fraction of sp³-hybridized carbons (Fsp3) is 0.529. The Kier molecular flexibility index (Phi) is 4.99. The van der Waals surface area contributed by atoms with Gasteiger partial charge in [0.25, 0.3) is 0 Å². The topological polar surface area (TPSA) is 55.1 Å². The smallest absolute Gasteiger partial charge is 0.230 e. The molecule has 3 N–H and O–H groups in total. The summed E-state index contributed by atoms with van der Waals surface area (Å²) in [5.74, 6) is -0.458. The van der Waals surface area contributed by atoms with Crippen LogP contribution in [0.25, 0.3) is 0 Å². The van der Waals surface area contributed by atoms with Crippen LogP contribution in [0, 0.1) is 11.3 Å². The minimum atomic E-state index is -0.425. The van der Waals surface area contributed by atoms with E-state index < -0.39 is 5.92 Å². The van der Waals surface area contributed by atoms with Gasteiger partial charge in [0, 0.05) is 6.04 Å². The van der Waals surface area contributed by atoms with E-state index in [0.717, 1.165) is 24.8 Å². The number of carbonyl (C=O) groups is 1. The van der Waals surface area contributed by atoms with Gasteiger partial charge < -0.3 is 11.1 Å². The molecule has 114 valence electrons. The van der Waals surface area contributed by atoms with Crippen molar-refractivity contribution in [2.24, 2.45) is 17.1 Å². The first-order valence-electron chi connectivity index (χ1n) is 7.51. The Morgan fingerprint density at radius 1 is 1.43 bits per heavy atom. The lowest BCUT2D eigenvalue weighted by molar-refractivity contribution is -0.123. The first kappa shape index (κ1) is 16.0. The summed E-state index contributed by atoms with van der Waals surface area (Å²) in [5, 5.41) is 3.13. The number of amides is 1. The molecule has 1 saturated carbocycles. The molecule has 0 spiro atoms.